The summed E-state index contributed by atoms with van der Waals surface area (Å²) < 4.78 is 35.1. The second-order valence-corrected chi connectivity index (χ2v) is 10.7. The Hall–Kier alpha value is -1.98. The number of hydrogen-bond acceptors (Lipinski definition) is 9. The van der Waals surface area contributed by atoms with Gasteiger partial charge >= 0.3 is 0 Å². The second-order valence-electron chi connectivity index (χ2n) is 8.15. The number of nitrogens with zero attached hydrogens (tertiary/aromatic N) is 3. The summed E-state index contributed by atoms with van der Waals surface area (Å²) in [4.78, 5) is 23.4. The number of rotatable bonds is 5. The Balaban J connectivity index is 2.17. The van der Waals surface area contributed by atoms with Crippen molar-refractivity contribution in [2.24, 2.45) is 0 Å². The molecule has 10 nitrogen and oxygen atoms in total. The maximum absolute atomic E-state index is 12.6. The zero-order chi connectivity index (χ0) is 21.6. The number of sulfone groups is 1. The molecule has 1 aromatic heterocycles. The Bertz CT molecular complexity index is 902. The van der Waals surface area contributed by atoms with Gasteiger partial charge in [0.1, 0.15) is 17.0 Å². The Labute approximate surface area is 170 Å². The van der Waals surface area contributed by atoms with Gasteiger partial charge in [0, 0.05) is 12.8 Å². The number of amides is 1. The summed E-state index contributed by atoms with van der Waals surface area (Å²) in [5.41, 5.74) is 0.143. The second kappa shape index (κ2) is 7.69. The van der Waals surface area contributed by atoms with E-state index in [1.54, 1.807) is 6.92 Å². The summed E-state index contributed by atoms with van der Waals surface area (Å²) in [5, 5.41) is 12.0. The number of morpholine rings is 1. The number of carbonyl (C=O) groups is 1. The number of ether oxygens (including phenoxy) is 2. The molecule has 0 aliphatic carbocycles. The van der Waals surface area contributed by atoms with Crippen LogP contribution in [0.4, 0.5) is 5.82 Å². The number of nitrogens with one attached hydrogen (secondary N) is 1. The summed E-state index contributed by atoms with van der Waals surface area (Å²) >= 11 is 0. The summed E-state index contributed by atoms with van der Waals surface area (Å²) in [7, 11) is -3.59. The molecule has 11 heteroatoms. The highest BCUT2D eigenvalue weighted by atomic mass is 32.2. The van der Waals surface area contributed by atoms with E-state index in [1.807, 2.05) is 11.8 Å². The number of hydrogen-bond donors (Lipinski definition) is 2. The minimum absolute atomic E-state index is 0.0250. The zero-order valence-corrected chi connectivity index (χ0v) is 18.1. The lowest BCUT2D eigenvalue weighted by atomic mass is 10.0. The van der Waals surface area contributed by atoms with Gasteiger partial charge in [-0.3, -0.25) is 4.79 Å². The molecule has 0 saturated carbocycles. The average Bonchev–Trinajstić information content (AvgIpc) is 2.63. The first-order valence-corrected chi connectivity index (χ1v) is 11.4. The van der Waals surface area contributed by atoms with E-state index in [2.05, 4.69) is 15.3 Å². The van der Waals surface area contributed by atoms with Crippen LogP contribution in [-0.2, 0) is 19.3 Å². The molecule has 0 radical (unpaired) electrons. The first-order chi connectivity index (χ1) is 13.4. The fourth-order valence-electron chi connectivity index (χ4n) is 3.34. The molecule has 2 aliphatic heterocycles. The van der Waals surface area contributed by atoms with Crippen LogP contribution >= 0.6 is 0 Å². The summed E-state index contributed by atoms with van der Waals surface area (Å²) in [6, 6.07) is -0.127. The lowest BCUT2D eigenvalue weighted by Gasteiger charge is -2.45. The Morgan fingerprint density at radius 1 is 1.34 bits per heavy atom. The van der Waals surface area contributed by atoms with Gasteiger partial charge in [-0.25, -0.2) is 18.4 Å². The molecule has 1 aromatic rings. The lowest BCUT2D eigenvalue weighted by molar-refractivity contribution is 0.0481. The van der Waals surface area contributed by atoms with Gasteiger partial charge in [0.05, 0.1) is 31.4 Å². The molecule has 0 spiro atoms. The van der Waals surface area contributed by atoms with Gasteiger partial charge < -0.3 is 24.8 Å². The van der Waals surface area contributed by atoms with Gasteiger partial charge in [0.2, 0.25) is 5.82 Å². The highest BCUT2D eigenvalue weighted by molar-refractivity contribution is 7.91. The van der Waals surface area contributed by atoms with E-state index >= 15 is 0 Å². The molecule has 1 saturated heterocycles. The van der Waals surface area contributed by atoms with Crippen molar-refractivity contribution in [3.8, 4) is 5.75 Å². The third kappa shape index (κ3) is 4.03. The number of aliphatic hydroxyl groups is 1. The molecule has 2 aliphatic rings. The Morgan fingerprint density at radius 2 is 2.03 bits per heavy atom. The van der Waals surface area contributed by atoms with Crippen LogP contribution in [0.25, 0.3) is 0 Å². The van der Waals surface area contributed by atoms with Gasteiger partial charge in [0.25, 0.3) is 5.91 Å². The largest absolute Gasteiger partial charge is 0.486 e. The van der Waals surface area contributed by atoms with Crippen molar-refractivity contribution in [2.45, 2.75) is 50.6 Å². The van der Waals surface area contributed by atoms with Crippen LogP contribution < -0.4 is 15.0 Å². The zero-order valence-electron chi connectivity index (χ0n) is 17.3. The van der Waals surface area contributed by atoms with Crippen molar-refractivity contribution in [2.75, 3.05) is 37.5 Å². The van der Waals surface area contributed by atoms with Crippen molar-refractivity contribution < 1.29 is 27.8 Å². The molecule has 1 fully saturated rings. The van der Waals surface area contributed by atoms with Crippen LogP contribution in [0.5, 0.6) is 5.75 Å². The normalized spacial score (nSPS) is 22.9. The van der Waals surface area contributed by atoms with Crippen LogP contribution in [-0.4, -0.2) is 80.2 Å². The molecule has 29 heavy (non-hydrogen) atoms. The number of aromatic nitrogens is 2. The minimum Gasteiger partial charge on any atom is -0.486 e. The predicted octanol–water partition coefficient (Wildman–Crippen LogP) is -0.147. The fraction of sp³-hybridized carbons (Fsp3) is 0.722. The van der Waals surface area contributed by atoms with E-state index in [0.717, 1.165) is 6.26 Å². The maximum Gasteiger partial charge on any atom is 0.289 e. The molecule has 3 heterocycles. The highest BCUT2D eigenvalue weighted by Crippen LogP contribution is 2.43. The van der Waals surface area contributed by atoms with Crippen molar-refractivity contribution in [3.05, 3.63) is 11.5 Å². The topological polar surface area (TPSA) is 131 Å². The fourth-order valence-corrected chi connectivity index (χ4v) is 3.83. The van der Waals surface area contributed by atoms with Gasteiger partial charge in [-0.2, -0.15) is 0 Å². The molecule has 2 N–H and O–H groups in total. The molecule has 0 aromatic carbocycles. The number of aliphatic hydroxyl groups excluding tert-OH is 1. The van der Waals surface area contributed by atoms with Crippen LogP contribution in [0.15, 0.2) is 0 Å². The predicted molar refractivity (Wildman–Crippen MR) is 106 cm³/mol. The first-order valence-electron chi connectivity index (χ1n) is 9.50. The van der Waals surface area contributed by atoms with E-state index < -0.39 is 26.6 Å². The highest BCUT2D eigenvalue weighted by Gasteiger charge is 2.44. The van der Waals surface area contributed by atoms with E-state index in [0.29, 0.717) is 25.6 Å². The smallest absolute Gasteiger partial charge is 0.289 e. The van der Waals surface area contributed by atoms with Gasteiger partial charge in [-0.1, -0.05) is 0 Å². The van der Waals surface area contributed by atoms with Crippen molar-refractivity contribution >= 4 is 21.6 Å². The van der Waals surface area contributed by atoms with Gasteiger partial charge in [0.15, 0.2) is 21.4 Å². The summed E-state index contributed by atoms with van der Waals surface area (Å²) in [6.45, 7) is 7.83. The van der Waals surface area contributed by atoms with Gasteiger partial charge in [-0.05, 0) is 27.7 Å². The lowest BCUT2D eigenvalue weighted by Crippen LogP contribution is -2.56. The molecule has 3 atom stereocenters. The summed E-state index contributed by atoms with van der Waals surface area (Å²) in [5.74, 6) is -0.0974. The summed E-state index contributed by atoms with van der Waals surface area (Å²) in [6.07, 6.45) is 0.382. The molecular formula is C18H28N4O6S. The Morgan fingerprint density at radius 3 is 2.66 bits per heavy atom. The average molecular weight is 429 g/mol. The van der Waals surface area contributed by atoms with Crippen LogP contribution in [0.2, 0.25) is 0 Å². The number of anilines is 1. The van der Waals surface area contributed by atoms with Crippen molar-refractivity contribution in [1.29, 1.82) is 0 Å². The maximum atomic E-state index is 12.6. The van der Waals surface area contributed by atoms with E-state index in [4.69, 9.17) is 9.47 Å². The number of fused-ring (bicyclic) bond motifs is 3. The van der Waals surface area contributed by atoms with Gasteiger partial charge in [-0.15, -0.1) is 0 Å². The van der Waals surface area contributed by atoms with Crippen LogP contribution in [0.3, 0.4) is 0 Å². The monoisotopic (exact) mass is 428 g/mol. The molecule has 0 bridgehead atoms. The minimum atomic E-state index is -3.59. The molecular weight excluding hydrogens is 400 g/mol. The third-order valence-corrected chi connectivity index (χ3v) is 7.36. The van der Waals surface area contributed by atoms with Crippen LogP contribution in [0, 0.1) is 0 Å². The van der Waals surface area contributed by atoms with E-state index in [-0.39, 0.29) is 35.9 Å². The third-order valence-electron chi connectivity index (χ3n) is 5.31. The van der Waals surface area contributed by atoms with E-state index in [9.17, 15) is 18.3 Å². The Kier molecular flexibility index (Phi) is 5.76. The SMILES string of the molecule is CC1COCC2COc3c(nc(C(=O)NC[C@@H](C)O)nc3C(C)(C)S(C)(=O)=O)N12. The first kappa shape index (κ1) is 21.7. The van der Waals surface area contributed by atoms with Crippen molar-refractivity contribution in [3.63, 3.8) is 0 Å². The molecule has 162 valence electrons. The number of carbonyl (C=O) groups excluding carboxylic acids is 1. The standard InChI is InChI=1S/C18H28N4O6S/c1-10-7-27-8-12-9-28-13-14(18(3,4)29(5,25)26)20-15(21-16(13)22(10)12)17(24)19-6-11(2)23/h10-12,23H,6-9H2,1-5H3,(H,19,24)/t10?,11-,12?/m1/s1. The van der Waals surface area contributed by atoms with E-state index in [1.165, 1.54) is 13.8 Å². The molecule has 2 unspecified atom stereocenters. The van der Waals surface area contributed by atoms with Crippen LogP contribution in [0.1, 0.15) is 44.0 Å². The quantitative estimate of drug-likeness (QED) is 0.657. The van der Waals surface area contributed by atoms with Crippen molar-refractivity contribution in [1.82, 2.24) is 15.3 Å². The molecule has 3 rings (SSSR count). The molecule has 1 amide bonds.